The van der Waals surface area contributed by atoms with Gasteiger partial charge in [0.2, 0.25) is 5.91 Å². The van der Waals surface area contributed by atoms with E-state index in [9.17, 15) is 22.8 Å². The number of anilines is 1. The summed E-state index contributed by atoms with van der Waals surface area (Å²) in [7, 11) is 0. The van der Waals surface area contributed by atoms with Crippen molar-refractivity contribution in [3.63, 3.8) is 0 Å². The summed E-state index contributed by atoms with van der Waals surface area (Å²) in [6.45, 7) is 3.29. The highest BCUT2D eigenvalue weighted by Gasteiger charge is 2.34. The number of pyridine rings is 1. The number of hydrogen-bond acceptors (Lipinski definition) is 3. The Labute approximate surface area is 215 Å². The maximum atomic E-state index is 13.6. The van der Waals surface area contributed by atoms with Crippen LogP contribution in [0.5, 0.6) is 0 Å². The maximum Gasteiger partial charge on any atom is 0.418 e. The molecule has 0 aliphatic heterocycles. The molecule has 2 aromatic carbocycles. The fourth-order valence-corrected chi connectivity index (χ4v) is 5.30. The second-order valence-electron chi connectivity index (χ2n) is 9.78. The van der Waals surface area contributed by atoms with Gasteiger partial charge >= 0.3 is 6.18 Å². The van der Waals surface area contributed by atoms with Gasteiger partial charge in [-0.3, -0.25) is 9.78 Å². The molecule has 37 heavy (non-hydrogen) atoms. The minimum absolute atomic E-state index is 0.0589. The highest BCUT2D eigenvalue weighted by molar-refractivity contribution is 5.97. The molecule has 7 heteroatoms. The molecule has 0 radical (unpaired) electrons. The van der Waals surface area contributed by atoms with Crippen LogP contribution in [0.4, 0.5) is 18.9 Å². The Bertz CT molecular complexity index is 1260. The molecule has 1 heterocycles. The average Bonchev–Trinajstić information content (AvgIpc) is 3.39. The Balaban J connectivity index is 1.61. The monoisotopic (exact) mass is 508 g/mol. The van der Waals surface area contributed by atoms with Crippen molar-refractivity contribution >= 4 is 17.9 Å². The first kappa shape index (κ1) is 26.6. The number of alkyl halides is 3. The van der Waals surface area contributed by atoms with Gasteiger partial charge in [0, 0.05) is 29.6 Å². The lowest BCUT2D eigenvalue weighted by atomic mass is 9.83. The summed E-state index contributed by atoms with van der Waals surface area (Å²) in [6.07, 6.45) is 2.96. The van der Waals surface area contributed by atoms with Gasteiger partial charge in [-0.15, -0.1) is 0 Å². The predicted molar refractivity (Wildman–Crippen MR) is 138 cm³/mol. The number of carbonyl (C=O) groups is 2. The van der Waals surface area contributed by atoms with Gasteiger partial charge in [0.1, 0.15) is 6.29 Å². The van der Waals surface area contributed by atoms with Gasteiger partial charge in [0.25, 0.3) is 0 Å². The van der Waals surface area contributed by atoms with E-state index in [4.69, 9.17) is 0 Å². The predicted octanol–water partition coefficient (Wildman–Crippen LogP) is 7.43. The number of aryl methyl sites for hydroxylation is 2. The van der Waals surface area contributed by atoms with E-state index in [0.717, 1.165) is 60.4 Å². The molecule has 1 aliphatic carbocycles. The van der Waals surface area contributed by atoms with E-state index in [0.29, 0.717) is 24.0 Å². The van der Waals surface area contributed by atoms with Crippen LogP contribution in [-0.4, -0.2) is 17.2 Å². The summed E-state index contributed by atoms with van der Waals surface area (Å²) < 4.78 is 40.1. The lowest BCUT2D eigenvalue weighted by Crippen LogP contribution is -2.27. The quantitative estimate of drug-likeness (QED) is 0.322. The van der Waals surface area contributed by atoms with E-state index in [1.54, 1.807) is 12.1 Å². The molecule has 1 aromatic heterocycles. The molecule has 0 spiro atoms. The van der Waals surface area contributed by atoms with Gasteiger partial charge < -0.3 is 10.1 Å². The van der Waals surface area contributed by atoms with E-state index < -0.39 is 11.7 Å². The minimum Gasteiger partial charge on any atom is -0.325 e. The third-order valence-corrected chi connectivity index (χ3v) is 7.38. The molecular formula is C30H31F3N2O2. The van der Waals surface area contributed by atoms with Gasteiger partial charge in [0.15, 0.2) is 0 Å². The number of halogens is 3. The number of nitrogens with one attached hydrogen (secondary N) is 1. The highest BCUT2D eigenvalue weighted by atomic mass is 19.4. The highest BCUT2D eigenvalue weighted by Crippen LogP contribution is 2.39. The Hall–Kier alpha value is -3.48. The Kier molecular flexibility index (Phi) is 8.10. The third kappa shape index (κ3) is 6.09. The van der Waals surface area contributed by atoms with Gasteiger partial charge in [0.05, 0.1) is 11.5 Å². The van der Waals surface area contributed by atoms with E-state index in [1.807, 2.05) is 37.3 Å². The molecule has 4 nitrogen and oxygen atoms in total. The van der Waals surface area contributed by atoms with Crippen molar-refractivity contribution in [1.29, 1.82) is 0 Å². The number of amides is 1. The first-order valence-electron chi connectivity index (χ1n) is 12.7. The normalized spacial score (nSPS) is 14.9. The van der Waals surface area contributed by atoms with E-state index in [1.165, 1.54) is 13.1 Å². The second kappa shape index (κ2) is 11.3. The van der Waals surface area contributed by atoms with Crippen LogP contribution in [0.2, 0.25) is 0 Å². The van der Waals surface area contributed by atoms with Crippen LogP contribution in [0.3, 0.4) is 0 Å². The standard InChI is InChI=1S/C30H31F3N2O2/c1-19-21(10-6-16-36)9-5-11-27(19)35-29(37)28(23-7-3-4-8-23)24-14-12-22(13-15-24)25-17-26(30(31,32)33)20(2)34-18-25/h5,9,11-18,23,28H,3-4,6-8,10H2,1-2H3,(H,35,37). The number of carbonyl (C=O) groups excluding carboxylic acids is 2. The fraction of sp³-hybridized carbons (Fsp3) is 0.367. The molecule has 1 N–H and O–H groups in total. The van der Waals surface area contributed by atoms with Crippen molar-refractivity contribution in [2.24, 2.45) is 5.92 Å². The summed E-state index contributed by atoms with van der Waals surface area (Å²) in [4.78, 5) is 28.4. The van der Waals surface area contributed by atoms with Crippen molar-refractivity contribution in [3.05, 3.63) is 82.7 Å². The molecule has 1 saturated carbocycles. The second-order valence-corrected chi connectivity index (χ2v) is 9.78. The number of benzene rings is 2. The third-order valence-electron chi connectivity index (χ3n) is 7.38. The Morgan fingerprint density at radius 2 is 1.78 bits per heavy atom. The van der Waals surface area contributed by atoms with Crippen LogP contribution < -0.4 is 5.32 Å². The first-order valence-corrected chi connectivity index (χ1v) is 12.7. The van der Waals surface area contributed by atoms with E-state index >= 15 is 0 Å². The summed E-state index contributed by atoms with van der Waals surface area (Å²) in [6, 6.07) is 14.1. The van der Waals surface area contributed by atoms with Crippen molar-refractivity contribution < 1.29 is 22.8 Å². The van der Waals surface area contributed by atoms with Crippen LogP contribution in [0.1, 0.15) is 66.0 Å². The van der Waals surface area contributed by atoms with Crippen molar-refractivity contribution in [2.45, 2.75) is 64.5 Å². The SMILES string of the molecule is Cc1ncc(-c2ccc(C(C(=O)Nc3cccc(CCC=O)c3C)C3CCCC3)cc2)cc1C(F)(F)F. The van der Waals surface area contributed by atoms with E-state index in [2.05, 4.69) is 10.3 Å². The molecule has 1 fully saturated rings. The maximum absolute atomic E-state index is 13.6. The van der Waals surface area contributed by atoms with Gasteiger partial charge in [-0.1, -0.05) is 49.2 Å². The number of nitrogens with zero attached hydrogens (tertiary/aromatic N) is 1. The van der Waals surface area contributed by atoms with E-state index in [-0.39, 0.29) is 23.4 Å². The number of hydrogen-bond donors (Lipinski definition) is 1. The zero-order valence-corrected chi connectivity index (χ0v) is 21.1. The van der Waals surface area contributed by atoms with Gasteiger partial charge in [-0.05, 0) is 73.4 Å². The number of aldehydes is 1. The molecule has 4 rings (SSSR count). The zero-order valence-electron chi connectivity index (χ0n) is 21.1. The lowest BCUT2D eigenvalue weighted by Gasteiger charge is -2.24. The van der Waals surface area contributed by atoms with Crippen LogP contribution >= 0.6 is 0 Å². The lowest BCUT2D eigenvalue weighted by molar-refractivity contribution is -0.138. The molecule has 3 aromatic rings. The molecule has 1 amide bonds. The molecule has 194 valence electrons. The fourth-order valence-electron chi connectivity index (χ4n) is 5.30. The first-order chi connectivity index (χ1) is 17.7. The van der Waals surface area contributed by atoms with Crippen molar-refractivity contribution in [1.82, 2.24) is 4.98 Å². The molecule has 1 unspecified atom stereocenters. The molecule has 0 bridgehead atoms. The minimum atomic E-state index is -4.47. The Morgan fingerprint density at radius 1 is 1.08 bits per heavy atom. The number of rotatable bonds is 8. The van der Waals surface area contributed by atoms with Crippen LogP contribution in [-0.2, 0) is 22.2 Å². The van der Waals surface area contributed by atoms with Crippen LogP contribution in [0, 0.1) is 19.8 Å². The summed E-state index contributed by atoms with van der Waals surface area (Å²) in [5.41, 5.74) is 3.75. The van der Waals surface area contributed by atoms with Crippen molar-refractivity contribution in [2.75, 3.05) is 5.32 Å². The number of aromatic nitrogens is 1. The average molecular weight is 509 g/mol. The summed E-state index contributed by atoms with van der Waals surface area (Å²) in [5, 5.41) is 3.12. The molecule has 1 aliphatic rings. The largest absolute Gasteiger partial charge is 0.418 e. The molecule has 0 saturated heterocycles. The zero-order chi connectivity index (χ0) is 26.6. The smallest absolute Gasteiger partial charge is 0.325 e. The van der Waals surface area contributed by atoms with Crippen LogP contribution in [0.15, 0.2) is 54.7 Å². The van der Waals surface area contributed by atoms with Gasteiger partial charge in [-0.25, -0.2) is 0 Å². The summed E-state index contributed by atoms with van der Waals surface area (Å²) in [5.74, 6) is -0.259. The van der Waals surface area contributed by atoms with Crippen molar-refractivity contribution in [3.8, 4) is 11.1 Å². The molecular weight excluding hydrogens is 477 g/mol. The topological polar surface area (TPSA) is 59.1 Å². The van der Waals surface area contributed by atoms with Crippen LogP contribution in [0.25, 0.3) is 11.1 Å². The summed E-state index contributed by atoms with van der Waals surface area (Å²) >= 11 is 0. The van der Waals surface area contributed by atoms with Gasteiger partial charge in [-0.2, -0.15) is 13.2 Å². The molecule has 1 atom stereocenters. The Morgan fingerprint density at radius 3 is 2.43 bits per heavy atom.